The Morgan fingerprint density at radius 2 is 1.57 bits per heavy atom. The molecule has 2 saturated carbocycles. The lowest BCUT2D eigenvalue weighted by atomic mass is 9.95. The molecule has 0 radical (unpaired) electrons. The van der Waals surface area contributed by atoms with Crippen LogP contribution in [0.1, 0.15) is 70.3 Å². The molecule has 2 fully saturated rings. The van der Waals surface area contributed by atoms with Crippen LogP contribution in [0.2, 0.25) is 0 Å². The molecule has 0 amide bonds. The molecular formula is C21H33NO5S. The first-order valence-electron chi connectivity index (χ1n) is 10.3. The summed E-state index contributed by atoms with van der Waals surface area (Å²) in [4.78, 5) is 11.8. The Labute approximate surface area is 168 Å². The molecule has 2 N–H and O–H groups in total. The molecule has 158 valence electrons. The summed E-state index contributed by atoms with van der Waals surface area (Å²) < 4.78 is 35.1. The van der Waals surface area contributed by atoms with Crippen molar-refractivity contribution in [1.82, 2.24) is 5.32 Å². The Kier molecular flexibility index (Phi) is 8.92. The summed E-state index contributed by atoms with van der Waals surface area (Å²) in [5.41, 5.74) is 0.956. The number of hydrogen-bond donors (Lipinski definition) is 2. The monoisotopic (exact) mass is 411 g/mol. The maximum Gasteiger partial charge on any atom is 0.323 e. The smallest absolute Gasteiger partial charge is 0.323 e. The lowest BCUT2D eigenvalue weighted by Gasteiger charge is -2.26. The maximum absolute atomic E-state index is 11.9. The van der Waals surface area contributed by atoms with Crippen LogP contribution in [0.3, 0.4) is 0 Å². The first-order chi connectivity index (χ1) is 13.3. The highest BCUT2D eigenvalue weighted by Gasteiger charge is 2.24. The second-order valence-corrected chi connectivity index (χ2v) is 9.28. The van der Waals surface area contributed by atoms with E-state index in [4.69, 9.17) is 9.29 Å². The Bertz CT molecular complexity index is 705. The van der Waals surface area contributed by atoms with Crippen LogP contribution < -0.4 is 5.32 Å². The molecule has 1 atom stereocenters. The Morgan fingerprint density at radius 3 is 2.11 bits per heavy atom. The molecular weight excluding hydrogens is 378 g/mol. The van der Waals surface area contributed by atoms with Crippen molar-refractivity contribution in [3.05, 3.63) is 29.8 Å². The SMILES string of the molecule is C[C@H](NC1CCCCC1)C(=O)OC1CCCC1.Cc1ccc(S(=O)(=O)O)cc1. The highest BCUT2D eigenvalue weighted by molar-refractivity contribution is 7.85. The van der Waals surface area contributed by atoms with Crippen molar-refractivity contribution in [3.63, 3.8) is 0 Å². The minimum Gasteiger partial charge on any atom is -0.461 e. The predicted octanol–water partition coefficient (Wildman–Crippen LogP) is 4.02. The molecule has 0 bridgehead atoms. The maximum atomic E-state index is 11.9. The van der Waals surface area contributed by atoms with Gasteiger partial charge in [-0.15, -0.1) is 0 Å². The third kappa shape index (κ3) is 7.89. The molecule has 7 heteroatoms. The summed E-state index contributed by atoms with van der Waals surface area (Å²) in [6.07, 6.45) is 11.1. The fourth-order valence-corrected chi connectivity index (χ4v) is 4.15. The van der Waals surface area contributed by atoms with Gasteiger partial charge in [0.2, 0.25) is 0 Å². The number of carbonyl (C=O) groups is 1. The third-order valence-electron chi connectivity index (χ3n) is 5.35. The van der Waals surface area contributed by atoms with Crippen molar-refractivity contribution in [3.8, 4) is 0 Å². The third-order valence-corrected chi connectivity index (χ3v) is 6.22. The molecule has 3 rings (SSSR count). The van der Waals surface area contributed by atoms with Gasteiger partial charge in [-0.05, 0) is 64.5 Å². The Morgan fingerprint density at radius 1 is 1.04 bits per heavy atom. The fraction of sp³-hybridized carbons (Fsp3) is 0.667. The number of carbonyl (C=O) groups excluding carboxylic acids is 1. The number of hydrogen-bond acceptors (Lipinski definition) is 5. The van der Waals surface area contributed by atoms with Crippen LogP contribution in [0.4, 0.5) is 0 Å². The summed E-state index contributed by atoms with van der Waals surface area (Å²) in [6.45, 7) is 3.78. The van der Waals surface area contributed by atoms with Crippen molar-refractivity contribution in [2.24, 2.45) is 0 Å². The van der Waals surface area contributed by atoms with Crippen LogP contribution in [0.5, 0.6) is 0 Å². The normalized spacial score (nSPS) is 19.5. The van der Waals surface area contributed by atoms with Crippen molar-refractivity contribution in [2.45, 2.75) is 94.7 Å². The van der Waals surface area contributed by atoms with Gasteiger partial charge in [0, 0.05) is 6.04 Å². The fourth-order valence-electron chi connectivity index (χ4n) is 3.67. The molecule has 2 aliphatic rings. The number of benzene rings is 1. The largest absolute Gasteiger partial charge is 0.461 e. The molecule has 0 spiro atoms. The zero-order valence-corrected chi connectivity index (χ0v) is 17.7. The van der Waals surface area contributed by atoms with Gasteiger partial charge in [-0.2, -0.15) is 8.42 Å². The van der Waals surface area contributed by atoms with Gasteiger partial charge >= 0.3 is 5.97 Å². The number of ether oxygens (including phenoxy) is 1. The molecule has 0 saturated heterocycles. The summed E-state index contributed by atoms with van der Waals surface area (Å²) in [6, 6.07) is 6.37. The number of rotatable bonds is 5. The summed E-state index contributed by atoms with van der Waals surface area (Å²) >= 11 is 0. The van der Waals surface area contributed by atoms with Crippen LogP contribution in [-0.2, 0) is 19.6 Å². The van der Waals surface area contributed by atoms with Gasteiger partial charge in [-0.3, -0.25) is 9.35 Å². The van der Waals surface area contributed by atoms with E-state index in [9.17, 15) is 13.2 Å². The van der Waals surface area contributed by atoms with E-state index in [0.29, 0.717) is 6.04 Å². The molecule has 0 aliphatic heterocycles. The van der Waals surface area contributed by atoms with Crippen molar-refractivity contribution < 1.29 is 22.5 Å². The summed E-state index contributed by atoms with van der Waals surface area (Å²) in [5.74, 6) is -0.0533. The van der Waals surface area contributed by atoms with Crippen LogP contribution in [0.15, 0.2) is 29.2 Å². The quantitative estimate of drug-likeness (QED) is 0.561. The lowest BCUT2D eigenvalue weighted by Crippen LogP contribution is -2.43. The predicted molar refractivity (Wildman–Crippen MR) is 109 cm³/mol. The van der Waals surface area contributed by atoms with E-state index in [1.807, 2.05) is 13.8 Å². The van der Waals surface area contributed by atoms with Crippen LogP contribution in [-0.4, -0.2) is 37.1 Å². The molecule has 28 heavy (non-hydrogen) atoms. The first kappa shape index (κ1) is 22.8. The molecule has 6 nitrogen and oxygen atoms in total. The average Bonchev–Trinajstić information content (AvgIpc) is 3.15. The van der Waals surface area contributed by atoms with E-state index in [-0.39, 0.29) is 23.0 Å². The number of aryl methyl sites for hydroxylation is 1. The van der Waals surface area contributed by atoms with Crippen molar-refractivity contribution >= 4 is 16.1 Å². The minimum absolute atomic E-state index is 0.0533. The van der Waals surface area contributed by atoms with Crippen molar-refractivity contribution in [2.75, 3.05) is 0 Å². The molecule has 0 unspecified atom stereocenters. The summed E-state index contributed by atoms with van der Waals surface area (Å²) in [5, 5.41) is 3.42. The van der Waals surface area contributed by atoms with Gasteiger partial charge in [-0.1, -0.05) is 37.0 Å². The first-order valence-corrected chi connectivity index (χ1v) is 11.7. The lowest BCUT2D eigenvalue weighted by molar-refractivity contribution is -0.151. The number of nitrogens with one attached hydrogen (secondary N) is 1. The van der Waals surface area contributed by atoms with Gasteiger partial charge < -0.3 is 10.1 Å². The van der Waals surface area contributed by atoms with Gasteiger partial charge in [0.1, 0.15) is 12.1 Å². The Hall–Kier alpha value is -1.44. The zero-order chi connectivity index (χ0) is 20.6. The highest BCUT2D eigenvalue weighted by atomic mass is 32.2. The van der Waals surface area contributed by atoms with E-state index < -0.39 is 10.1 Å². The highest BCUT2D eigenvalue weighted by Crippen LogP contribution is 2.22. The standard InChI is InChI=1S/C14H25NO2.C7H8O3S/c1-11(15-12-7-3-2-4-8-12)14(16)17-13-9-5-6-10-13;1-6-2-4-7(5-3-6)11(8,9)10/h11-13,15H,2-10H2,1H3;2-5H,1H3,(H,8,9,10)/t11-;/m0./s1. The van der Waals surface area contributed by atoms with E-state index in [1.165, 1.54) is 57.1 Å². The Balaban J connectivity index is 0.000000221. The topological polar surface area (TPSA) is 92.7 Å². The number of esters is 1. The zero-order valence-electron chi connectivity index (χ0n) is 16.9. The molecule has 0 aromatic heterocycles. The van der Waals surface area contributed by atoms with Gasteiger partial charge in [0.25, 0.3) is 10.1 Å². The van der Waals surface area contributed by atoms with E-state index in [0.717, 1.165) is 18.4 Å². The van der Waals surface area contributed by atoms with Crippen LogP contribution in [0, 0.1) is 6.92 Å². The van der Waals surface area contributed by atoms with Crippen LogP contribution in [0.25, 0.3) is 0 Å². The molecule has 1 aromatic rings. The van der Waals surface area contributed by atoms with Gasteiger partial charge in [0.05, 0.1) is 4.90 Å². The summed E-state index contributed by atoms with van der Waals surface area (Å²) in [7, 11) is -4.02. The van der Waals surface area contributed by atoms with Crippen molar-refractivity contribution in [1.29, 1.82) is 0 Å². The van der Waals surface area contributed by atoms with Gasteiger partial charge in [0.15, 0.2) is 0 Å². The molecule has 0 heterocycles. The van der Waals surface area contributed by atoms with E-state index in [1.54, 1.807) is 12.1 Å². The van der Waals surface area contributed by atoms with Crippen LogP contribution >= 0.6 is 0 Å². The molecule has 1 aromatic carbocycles. The average molecular weight is 412 g/mol. The van der Waals surface area contributed by atoms with E-state index >= 15 is 0 Å². The minimum atomic E-state index is -4.02. The second kappa shape index (κ2) is 10.9. The molecule has 2 aliphatic carbocycles. The second-order valence-electron chi connectivity index (χ2n) is 7.85. The van der Waals surface area contributed by atoms with Gasteiger partial charge in [-0.25, -0.2) is 0 Å². The van der Waals surface area contributed by atoms with E-state index in [2.05, 4.69) is 5.32 Å².